The quantitative estimate of drug-likeness (QED) is 0.494. The summed E-state index contributed by atoms with van der Waals surface area (Å²) < 4.78 is 6.20. The lowest BCUT2D eigenvalue weighted by Gasteiger charge is -2.16. The number of nitriles is 1. The number of nitrogens with zero attached hydrogens (tertiary/aromatic N) is 4. The van der Waals surface area contributed by atoms with Gasteiger partial charge in [0.05, 0.1) is 11.9 Å². The minimum absolute atomic E-state index is 0.351. The molecule has 2 heterocycles. The van der Waals surface area contributed by atoms with Gasteiger partial charge in [0, 0.05) is 5.56 Å². The van der Waals surface area contributed by atoms with Gasteiger partial charge in [-0.05, 0) is 24.6 Å². The van der Waals surface area contributed by atoms with Gasteiger partial charge in [0.15, 0.2) is 11.6 Å². The summed E-state index contributed by atoms with van der Waals surface area (Å²) in [6, 6.07) is 23.5. The minimum atomic E-state index is 0.351. The fourth-order valence-electron chi connectivity index (χ4n) is 2.92. The number of hydrogen-bond donors (Lipinski definition) is 1. The molecule has 2 aromatic heterocycles. The van der Waals surface area contributed by atoms with Gasteiger partial charge in [0.25, 0.3) is 0 Å². The van der Waals surface area contributed by atoms with Crippen molar-refractivity contribution in [3.05, 3.63) is 96.1 Å². The molecule has 2 aromatic carbocycles. The molecule has 0 atom stereocenters. The Morgan fingerprint density at radius 3 is 2.43 bits per heavy atom. The molecule has 0 aliphatic heterocycles. The lowest BCUT2D eigenvalue weighted by molar-refractivity contribution is 0.307. The molecule has 1 N–H and O–H groups in total. The second-order valence-electron chi connectivity index (χ2n) is 6.71. The van der Waals surface area contributed by atoms with Gasteiger partial charge in [0.1, 0.15) is 30.4 Å². The van der Waals surface area contributed by atoms with Crippen molar-refractivity contribution in [1.29, 1.82) is 5.26 Å². The average molecular weight is 393 g/mol. The normalized spacial score (nSPS) is 10.3. The smallest absolute Gasteiger partial charge is 0.188 e. The van der Waals surface area contributed by atoms with Gasteiger partial charge in [-0.25, -0.2) is 15.0 Å². The van der Waals surface area contributed by atoms with E-state index in [-0.39, 0.29) is 0 Å². The van der Waals surface area contributed by atoms with E-state index in [1.807, 2.05) is 67.6 Å². The van der Waals surface area contributed by atoms with Crippen LogP contribution in [0.3, 0.4) is 0 Å². The van der Waals surface area contributed by atoms with Crippen LogP contribution in [0.1, 0.15) is 16.8 Å². The van der Waals surface area contributed by atoms with Crippen LogP contribution in [0.15, 0.2) is 79.3 Å². The van der Waals surface area contributed by atoms with Crippen LogP contribution in [0, 0.1) is 18.3 Å². The summed E-state index contributed by atoms with van der Waals surface area (Å²) >= 11 is 0. The molecule has 4 aromatic rings. The lowest BCUT2D eigenvalue weighted by atomic mass is 10.1. The summed E-state index contributed by atoms with van der Waals surface area (Å²) in [4.78, 5) is 13.0. The number of rotatable bonds is 6. The molecule has 0 saturated heterocycles. The number of benzene rings is 2. The Bertz CT molecular complexity index is 1170. The van der Waals surface area contributed by atoms with Crippen LogP contribution in [0.25, 0.3) is 11.3 Å². The molecule has 0 bridgehead atoms. The molecule has 0 aliphatic rings. The average Bonchev–Trinajstić information content (AvgIpc) is 2.80. The molecule has 146 valence electrons. The molecule has 0 amide bonds. The summed E-state index contributed by atoms with van der Waals surface area (Å²) in [5, 5.41) is 12.2. The molecule has 0 saturated carbocycles. The third-order valence-corrected chi connectivity index (χ3v) is 4.50. The molecule has 0 aliphatic carbocycles. The second kappa shape index (κ2) is 8.84. The zero-order valence-electron chi connectivity index (χ0n) is 16.4. The molecule has 0 radical (unpaired) electrons. The molecular weight excluding hydrogens is 374 g/mol. The van der Waals surface area contributed by atoms with Gasteiger partial charge in [-0.15, -0.1) is 0 Å². The SMILES string of the molecule is Cc1ccc(-c2ncnc(Nc3ccc(C#N)nc3)c2OCc2ccccc2)cc1. The van der Waals surface area contributed by atoms with E-state index < -0.39 is 0 Å². The largest absolute Gasteiger partial charge is 0.483 e. The van der Waals surface area contributed by atoms with Crippen molar-refractivity contribution >= 4 is 11.5 Å². The van der Waals surface area contributed by atoms with E-state index in [4.69, 9.17) is 10.00 Å². The van der Waals surface area contributed by atoms with Gasteiger partial charge in [-0.1, -0.05) is 60.2 Å². The fourth-order valence-corrected chi connectivity index (χ4v) is 2.92. The first-order chi connectivity index (χ1) is 14.7. The highest BCUT2D eigenvalue weighted by Gasteiger charge is 2.16. The first kappa shape index (κ1) is 19.1. The number of ether oxygens (including phenoxy) is 1. The number of aromatic nitrogens is 3. The highest BCUT2D eigenvalue weighted by molar-refractivity contribution is 5.75. The van der Waals surface area contributed by atoms with Crippen molar-refractivity contribution in [2.24, 2.45) is 0 Å². The highest BCUT2D eigenvalue weighted by Crippen LogP contribution is 2.35. The van der Waals surface area contributed by atoms with Crippen molar-refractivity contribution in [2.45, 2.75) is 13.5 Å². The topological polar surface area (TPSA) is 83.7 Å². The van der Waals surface area contributed by atoms with Crippen molar-refractivity contribution in [2.75, 3.05) is 5.32 Å². The van der Waals surface area contributed by atoms with Crippen molar-refractivity contribution in [1.82, 2.24) is 15.0 Å². The summed E-state index contributed by atoms with van der Waals surface area (Å²) in [5.41, 5.74) is 4.90. The van der Waals surface area contributed by atoms with E-state index in [1.54, 1.807) is 18.3 Å². The Hall–Kier alpha value is -4.24. The number of hydrogen-bond acceptors (Lipinski definition) is 6. The fraction of sp³-hybridized carbons (Fsp3) is 0.0833. The summed E-state index contributed by atoms with van der Waals surface area (Å²) in [7, 11) is 0. The maximum Gasteiger partial charge on any atom is 0.188 e. The zero-order chi connectivity index (χ0) is 20.8. The lowest BCUT2D eigenvalue weighted by Crippen LogP contribution is -2.04. The highest BCUT2D eigenvalue weighted by atomic mass is 16.5. The third kappa shape index (κ3) is 4.42. The minimum Gasteiger partial charge on any atom is -0.483 e. The van der Waals surface area contributed by atoms with Gasteiger partial charge < -0.3 is 10.1 Å². The van der Waals surface area contributed by atoms with Crippen LogP contribution in [0.2, 0.25) is 0 Å². The molecular formula is C24H19N5O. The monoisotopic (exact) mass is 393 g/mol. The standard InChI is InChI=1S/C24H19N5O/c1-17-7-9-19(10-8-17)22-23(30-15-18-5-3-2-4-6-18)24(28-16-27-22)29-21-12-11-20(13-25)26-14-21/h2-12,14,16H,15H2,1H3,(H,27,28,29). The van der Waals surface area contributed by atoms with Crippen LogP contribution < -0.4 is 10.1 Å². The van der Waals surface area contributed by atoms with E-state index in [2.05, 4.69) is 20.3 Å². The molecule has 0 fully saturated rings. The van der Waals surface area contributed by atoms with E-state index >= 15 is 0 Å². The Labute approximate surface area is 174 Å². The van der Waals surface area contributed by atoms with Crippen LogP contribution in [0.4, 0.5) is 11.5 Å². The van der Waals surface area contributed by atoms with E-state index in [1.165, 1.54) is 11.9 Å². The maximum absolute atomic E-state index is 8.95. The number of nitrogens with one attached hydrogen (secondary N) is 1. The van der Waals surface area contributed by atoms with Crippen molar-refractivity contribution < 1.29 is 4.74 Å². The molecule has 4 rings (SSSR count). The molecule has 6 nitrogen and oxygen atoms in total. The van der Waals surface area contributed by atoms with Crippen LogP contribution in [-0.4, -0.2) is 15.0 Å². The summed E-state index contributed by atoms with van der Waals surface area (Å²) in [5.74, 6) is 1.08. The Kier molecular flexibility index (Phi) is 5.63. The summed E-state index contributed by atoms with van der Waals surface area (Å²) in [6.45, 7) is 2.43. The van der Waals surface area contributed by atoms with Gasteiger partial charge in [0.2, 0.25) is 0 Å². The predicted molar refractivity (Wildman–Crippen MR) is 115 cm³/mol. The molecule has 0 spiro atoms. The molecule has 6 heteroatoms. The number of aryl methyl sites for hydroxylation is 1. The van der Waals surface area contributed by atoms with E-state index in [0.29, 0.717) is 35.2 Å². The second-order valence-corrected chi connectivity index (χ2v) is 6.71. The van der Waals surface area contributed by atoms with Crippen LogP contribution >= 0.6 is 0 Å². The Morgan fingerprint density at radius 2 is 1.73 bits per heavy atom. The molecule has 30 heavy (non-hydrogen) atoms. The maximum atomic E-state index is 8.95. The van der Waals surface area contributed by atoms with Crippen molar-refractivity contribution in [3.63, 3.8) is 0 Å². The van der Waals surface area contributed by atoms with Crippen LogP contribution in [0.5, 0.6) is 5.75 Å². The van der Waals surface area contributed by atoms with E-state index in [0.717, 1.165) is 11.1 Å². The van der Waals surface area contributed by atoms with Gasteiger partial charge >= 0.3 is 0 Å². The van der Waals surface area contributed by atoms with Crippen LogP contribution in [-0.2, 0) is 6.61 Å². The van der Waals surface area contributed by atoms with Crippen molar-refractivity contribution in [3.8, 4) is 23.1 Å². The zero-order valence-corrected chi connectivity index (χ0v) is 16.4. The van der Waals surface area contributed by atoms with Gasteiger partial charge in [-0.3, -0.25) is 0 Å². The first-order valence-corrected chi connectivity index (χ1v) is 9.45. The van der Waals surface area contributed by atoms with Gasteiger partial charge in [-0.2, -0.15) is 5.26 Å². The molecule has 0 unspecified atom stereocenters. The number of anilines is 2. The first-order valence-electron chi connectivity index (χ1n) is 9.45. The van der Waals surface area contributed by atoms with E-state index in [9.17, 15) is 0 Å². The predicted octanol–water partition coefficient (Wildman–Crippen LogP) is 5.04. The Balaban J connectivity index is 1.71. The number of pyridine rings is 1. The summed E-state index contributed by atoms with van der Waals surface area (Å²) in [6.07, 6.45) is 3.09. The Morgan fingerprint density at radius 1 is 0.933 bits per heavy atom. The third-order valence-electron chi connectivity index (χ3n) is 4.50.